The monoisotopic (exact) mass is 421 g/mol. The van der Waals surface area contributed by atoms with Gasteiger partial charge in [-0.1, -0.05) is 66.7 Å². The predicted molar refractivity (Wildman–Crippen MR) is 121 cm³/mol. The second kappa shape index (κ2) is 6.99. The molecule has 6 heteroatoms. The zero-order valence-electron chi connectivity index (χ0n) is 17.0. The first-order valence-electron chi connectivity index (χ1n) is 10.6. The van der Waals surface area contributed by atoms with Crippen molar-refractivity contribution >= 4 is 40.3 Å². The SMILES string of the molecule is O=C(c1ccccc1)[C@H]1[C@H]2C(=O)N(c3ccc4ccccc4c3)C(=O)[C@H]2[C@@H]2C=CC=NN21. The number of benzene rings is 3. The number of allylic oxidation sites excluding steroid dienone is 1. The van der Waals surface area contributed by atoms with Crippen LogP contribution >= 0.6 is 0 Å². The molecule has 0 aliphatic carbocycles. The van der Waals surface area contributed by atoms with Crippen LogP contribution in [-0.4, -0.2) is 40.9 Å². The molecule has 2 fully saturated rings. The Hall–Kier alpha value is -4.06. The second-order valence-electron chi connectivity index (χ2n) is 8.29. The van der Waals surface area contributed by atoms with Gasteiger partial charge in [-0.05, 0) is 29.0 Å². The van der Waals surface area contributed by atoms with E-state index in [1.807, 2.05) is 48.5 Å². The average Bonchev–Trinajstić information content (AvgIpc) is 3.31. The Morgan fingerprint density at radius 1 is 0.812 bits per heavy atom. The number of hydrogen-bond donors (Lipinski definition) is 0. The highest BCUT2D eigenvalue weighted by molar-refractivity contribution is 6.25. The lowest BCUT2D eigenvalue weighted by molar-refractivity contribution is -0.123. The summed E-state index contributed by atoms with van der Waals surface area (Å²) in [5, 5.41) is 8.00. The molecular weight excluding hydrogens is 402 g/mol. The van der Waals surface area contributed by atoms with E-state index in [0.717, 1.165) is 10.8 Å². The van der Waals surface area contributed by atoms with Crippen molar-refractivity contribution in [1.29, 1.82) is 0 Å². The normalized spacial score (nSPS) is 26.0. The summed E-state index contributed by atoms with van der Waals surface area (Å²) < 4.78 is 0. The minimum Gasteiger partial charge on any atom is -0.292 e. The lowest BCUT2D eigenvalue weighted by Gasteiger charge is -2.30. The van der Waals surface area contributed by atoms with Crippen LogP contribution in [0.15, 0.2) is 90.0 Å². The summed E-state index contributed by atoms with van der Waals surface area (Å²) in [6, 6.07) is 21.0. The van der Waals surface area contributed by atoms with E-state index >= 15 is 0 Å². The Balaban J connectivity index is 1.44. The minimum atomic E-state index is -0.824. The summed E-state index contributed by atoms with van der Waals surface area (Å²) in [6.45, 7) is 0. The number of ketones is 1. The predicted octanol–water partition coefficient (Wildman–Crippen LogP) is 3.44. The van der Waals surface area contributed by atoms with E-state index in [1.165, 1.54) is 4.90 Å². The zero-order valence-corrected chi connectivity index (χ0v) is 17.0. The number of imide groups is 1. The zero-order chi connectivity index (χ0) is 21.8. The molecule has 0 N–H and O–H groups in total. The number of anilines is 1. The van der Waals surface area contributed by atoms with E-state index in [4.69, 9.17) is 0 Å². The standard InChI is InChI=1S/C26H19N3O3/c30-24(17-8-2-1-3-9-17)23-22-21(20-11-6-14-27-29(20)23)25(31)28(26(22)32)19-13-12-16-7-4-5-10-18(16)15-19/h1-15,20-23H/t20-,21-,22-,23+/m0/s1. The van der Waals surface area contributed by atoms with E-state index in [-0.39, 0.29) is 17.6 Å². The molecule has 156 valence electrons. The number of carbonyl (C=O) groups excluding carboxylic acids is 3. The molecule has 3 aromatic rings. The Morgan fingerprint density at radius 2 is 1.53 bits per heavy atom. The van der Waals surface area contributed by atoms with Gasteiger partial charge in [0, 0.05) is 11.8 Å². The van der Waals surface area contributed by atoms with Crippen LogP contribution in [0.1, 0.15) is 10.4 Å². The first-order chi connectivity index (χ1) is 15.6. The van der Waals surface area contributed by atoms with E-state index < -0.39 is 23.9 Å². The molecule has 0 saturated carbocycles. The number of carbonyl (C=O) groups is 3. The number of nitrogens with zero attached hydrogens (tertiary/aromatic N) is 3. The maximum Gasteiger partial charge on any atom is 0.240 e. The summed E-state index contributed by atoms with van der Waals surface area (Å²) in [5.74, 6) is -2.26. The molecule has 0 bridgehead atoms. The van der Waals surface area contributed by atoms with Crippen LogP contribution < -0.4 is 4.90 Å². The molecule has 3 aliphatic rings. The van der Waals surface area contributed by atoms with Crippen molar-refractivity contribution in [2.45, 2.75) is 12.1 Å². The Bertz CT molecular complexity index is 1330. The van der Waals surface area contributed by atoms with Crippen molar-refractivity contribution < 1.29 is 14.4 Å². The number of rotatable bonds is 3. The molecule has 2 amide bonds. The average molecular weight is 421 g/mol. The molecule has 3 aromatic carbocycles. The smallest absolute Gasteiger partial charge is 0.240 e. The molecular formula is C26H19N3O3. The fraction of sp³-hybridized carbons (Fsp3) is 0.154. The second-order valence-corrected chi connectivity index (χ2v) is 8.29. The molecule has 6 rings (SSSR count). The quantitative estimate of drug-likeness (QED) is 0.480. The molecule has 2 saturated heterocycles. The summed E-state index contributed by atoms with van der Waals surface area (Å²) >= 11 is 0. The van der Waals surface area contributed by atoms with Gasteiger partial charge < -0.3 is 0 Å². The number of amides is 2. The van der Waals surface area contributed by atoms with Gasteiger partial charge in [0.2, 0.25) is 11.8 Å². The van der Waals surface area contributed by atoms with Crippen molar-refractivity contribution in [3.8, 4) is 0 Å². The third-order valence-electron chi connectivity index (χ3n) is 6.61. The van der Waals surface area contributed by atoms with Gasteiger partial charge in [0.1, 0.15) is 6.04 Å². The molecule has 4 atom stereocenters. The van der Waals surface area contributed by atoms with Crippen LogP contribution in [0.3, 0.4) is 0 Å². The molecule has 0 spiro atoms. The van der Waals surface area contributed by atoms with E-state index in [9.17, 15) is 14.4 Å². The van der Waals surface area contributed by atoms with Crippen LogP contribution in [0.25, 0.3) is 10.8 Å². The van der Waals surface area contributed by atoms with Gasteiger partial charge in [0.15, 0.2) is 5.78 Å². The summed E-state index contributed by atoms with van der Waals surface area (Å²) in [6.07, 6.45) is 5.22. The largest absolute Gasteiger partial charge is 0.292 e. The molecule has 6 nitrogen and oxygen atoms in total. The van der Waals surface area contributed by atoms with E-state index in [2.05, 4.69) is 5.10 Å². The van der Waals surface area contributed by atoms with Gasteiger partial charge in [-0.15, -0.1) is 0 Å². The van der Waals surface area contributed by atoms with Crippen LogP contribution in [0.2, 0.25) is 0 Å². The lowest BCUT2D eigenvalue weighted by Crippen LogP contribution is -2.46. The Labute approximate surface area is 184 Å². The first-order valence-corrected chi connectivity index (χ1v) is 10.6. The van der Waals surface area contributed by atoms with Crippen LogP contribution in [0.5, 0.6) is 0 Å². The Morgan fingerprint density at radius 3 is 2.34 bits per heavy atom. The van der Waals surface area contributed by atoms with E-state index in [1.54, 1.807) is 47.6 Å². The third kappa shape index (κ3) is 2.59. The highest BCUT2D eigenvalue weighted by Gasteiger charge is 2.64. The van der Waals surface area contributed by atoms with Crippen LogP contribution in [0, 0.1) is 11.8 Å². The molecule has 0 aromatic heterocycles. The minimum absolute atomic E-state index is 0.197. The molecule has 0 unspecified atom stereocenters. The third-order valence-corrected chi connectivity index (χ3v) is 6.61. The number of Topliss-reactive ketones (excluding diaryl/α,β-unsaturated/α-hetero) is 1. The number of hydrazone groups is 1. The van der Waals surface area contributed by atoms with Gasteiger partial charge in [-0.3, -0.25) is 19.4 Å². The van der Waals surface area contributed by atoms with Crippen molar-refractivity contribution in [2.24, 2.45) is 16.9 Å². The molecule has 3 heterocycles. The summed E-state index contributed by atoms with van der Waals surface area (Å²) in [4.78, 5) is 42.0. The van der Waals surface area contributed by atoms with Crippen LogP contribution in [0.4, 0.5) is 5.69 Å². The van der Waals surface area contributed by atoms with Crippen molar-refractivity contribution in [3.05, 3.63) is 90.5 Å². The molecule has 0 radical (unpaired) electrons. The maximum absolute atomic E-state index is 13.7. The fourth-order valence-electron chi connectivity index (χ4n) is 5.18. The summed E-state index contributed by atoms with van der Waals surface area (Å²) in [7, 11) is 0. The van der Waals surface area contributed by atoms with Crippen molar-refractivity contribution in [2.75, 3.05) is 4.90 Å². The fourth-order valence-corrected chi connectivity index (χ4v) is 5.18. The van der Waals surface area contributed by atoms with Gasteiger partial charge in [-0.25, -0.2) is 4.90 Å². The van der Waals surface area contributed by atoms with E-state index in [0.29, 0.717) is 11.3 Å². The topological polar surface area (TPSA) is 70.0 Å². The molecule has 32 heavy (non-hydrogen) atoms. The molecule has 3 aliphatic heterocycles. The van der Waals surface area contributed by atoms with Gasteiger partial charge in [-0.2, -0.15) is 5.10 Å². The van der Waals surface area contributed by atoms with Crippen molar-refractivity contribution in [3.63, 3.8) is 0 Å². The summed E-state index contributed by atoms with van der Waals surface area (Å²) in [5.41, 5.74) is 1.04. The highest BCUT2D eigenvalue weighted by Crippen LogP contribution is 2.46. The number of hydrogen-bond acceptors (Lipinski definition) is 5. The highest BCUT2D eigenvalue weighted by atomic mass is 16.2. The Kier molecular flexibility index (Phi) is 4.08. The van der Waals surface area contributed by atoms with Crippen molar-refractivity contribution in [1.82, 2.24) is 5.01 Å². The van der Waals surface area contributed by atoms with Gasteiger partial charge >= 0.3 is 0 Å². The number of fused-ring (bicyclic) bond motifs is 4. The van der Waals surface area contributed by atoms with Gasteiger partial charge in [0.05, 0.1) is 23.6 Å². The lowest BCUT2D eigenvalue weighted by atomic mass is 9.86. The first kappa shape index (κ1) is 18.7. The maximum atomic E-state index is 13.7. The van der Waals surface area contributed by atoms with Crippen LogP contribution in [-0.2, 0) is 9.59 Å². The van der Waals surface area contributed by atoms with Gasteiger partial charge in [0.25, 0.3) is 0 Å².